The molecule has 0 unspecified atom stereocenters. The maximum Gasteiger partial charge on any atom is 0.271 e. The summed E-state index contributed by atoms with van der Waals surface area (Å²) < 4.78 is 0. The van der Waals surface area contributed by atoms with Crippen molar-refractivity contribution in [1.29, 1.82) is 0 Å². The van der Waals surface area contributed by atoms with Crippen LogP contribution in [0.2, 0.25) is 0 Å². The first-order chi connectivity index (χ1) is 7.59. The quantitative estimate of drug-likeness (QED) is 0.790. The highest BCUT2D eigenvalue weighted by Gasteiger charge is 2.16. The van der Waals surface area contributed by atoms with Gasteiger partial charge >= 0.3 is 0 Å². The Bertz CT molecular complexity index is 545. The van der Waals surface area contributed by atoms with Crippen molar-refractivity contribution in [2.45, 2.75) is 13.8 Å². The van der Waals surface area contributed by atoms with Crippen LogP contribution in [0.3, 0.4) is 0 Å². The monoisotopic (exact) mass is 216 g/mol. The standard InChI is InChI=1S/C11H12N4O/c1-6-3-4-7(2)8(5-6)9-10(11(12)16)14-15-13-9/h3-5H,1-2H3,(H2,12,16)(H,13,14,15). The van der Waals surface area contributed by atoms with Crippen molar-refractivity contribution in [2.24, 2.45) is 5.73 Å². The molecule has 0 atom stereocenters. The lowest BCUT2D eigenvalue weighted by Crippen LogP contribution is -2.13. The number of aromatic amines is 1. The molecule has 0 aliphatic carbocycles. The van der Waals surface area contributed by atoms with Crippen molar-refractivity contribution in [3.8, 4) is 11.3 Å². The van der Waals surface area contributed by atoms with Crippen molar-refractivity contribution >= 4 is 5.91 Å². The second kappa shape index (κ2) is 3.77. The number of aryl methyl sites for hydroxylation is 2. The molecule has 3 N–H and O–H groups in total. The Morgan fingerprint density at radius 3 is 2.75 bits per heavy atom. The number of carbonyl (C=O) groups excluding carboxylic acids is 1. The van der Waals surface area contributed by atoms with E-state index in [0.717, 1.165) is 16.7 Å². The Morgan fingerprint density at radius 2 is 2.06 bits per heavy atom. The number of benzene rings is 1. The summed E-state index contributed by atoms with van der Waals surface area (Å²) >= 11 is 0. The minimum absolute atomic E-state index is 0.175. The van der Waals surface area contributed by atoms with Crippen molar-refractivity contribution < 1.29 is 4.79 Å². The van der Waals surface area contributed by atoms with Crippen molar-refractivity contribution in [3.63, 3.8) is 0 Å². The molecule has 1 aromatic heterocycles. The molecule has 2 rings (SSSR count). The summed E-state index contributed by atoms with van der Waals surface area (Å²) in [6.45, 7) is 3.93. The van der Waals surface area contributed by atoms with E-state index >= 15 is 0 Å². The van der Waals surface area contributed by atoms with Gasteiger partial charge in [-0.25, -0.2) is 0 Å². The number of nitrogens with two attached hydrogens (primary N) is 1. The zero-order valence-electron chi connectivity index (χ0n) is 9.11. The zero-order valence-corrected chi connectivity index (χ0v) is 9.11. The number of H-pyrrole nitrogens is 1. The second-order valence-corrected chi connectivity index (χ2v) is 3.70. The van der Waals surface area contributed by atoms with Crippen LogP contribution in [-0.4, -0.2) is 21.3 Å². The van der Waals surface area contributed by atoms with Gasteiger partial charge in [-0.3, -0.25) is 4.79 Å². The van der Waals surface area contributed by atoms with Gasteiger partial charge < -0.3 is 5.73 Å². The van der Waals surface area contributed by atoms with Crippen LogP contribution >= 0.6 is 0 Å². The molecule has 0 radical (unpaired) electrons. The fourth-order valence-electron chi connectivity index (χ4n) is 1.58. The van der Waals surface area contributed by atoms with E-state index in [-0.39, 0.29) is 5.69 Å². The predicted molar refractivity (Wildman–Crippen MR) is 59.8 cm³/mol. The Morgan fingerprint density at radius 1 is 1.31 bits per heavy atom. The third-order valence-corrected chi connectivity index (χ3v) is 2.43. The first-order valence-corrected chi connectivity index (χ1v) is 4.88. The topological polar surface area (TPSA) is 84.7 Å². The van der Waals surface area contributed by atoms with Gasteiger partial charge in [-0.1, -0.05) is 17.7 Å². The van der Waals surface area contributed by atoms with E-state index in [1.54, 1.807) is 0 Å². The van der Waals surface area contributed by atoms with Crippen LogP contribution in [0.5, 0.6) is 0 Å². The third kappa shape index (κ3) is 1.67. The van der Waals surface area contributed by atoms with E-state index in [4.69, 9.17) is 5.73 Å². The van der Waals surface area contributed by atoms with Crippen molar-refractivity contribution in [3.05, 3.63) is 35.0 Å². The molecule has 5 nitrogen and oxygen atoms in total. The average molecular weight is 216 g/mol. The number of aromatic nitrogens is 3. The Hall–Kier alpha value is -2.17. The number of hydrogen-bond donors (Lipinski definition) is 2. The van der Waals surface area contributed by atoms with Gasteiger partial charge in [0, 0.05) is 5.56 Å². The number of rotatable bonds is 2. The van der Waals surface area contributed by atoms with Gasteiger partial charge in [-0.05, 0) is 25.5 Å². The first-order valence-electron chi connectivity index (χ1n) is 4.88. The molecule has 5 heteroatoms. The van der Waals surface area contributed by atoms with E-state index in [1.165, 1.54) is 0 Å². The molecule has 1 heterocycles. The Kier molecular flexibility index (Phi) is 2.44. The van der Waals surface area contributed by atoms with Crippen LogP contribution in [-0.2, 0) is 0 Å². The van der Waals surface area contributed by atoms with E-state index in [1.807, 2.05) is 32.0 Å². The lowest BCUT2D eigenvalue weighted by molar-refractivity contribution is 0.0996. The van der Waals surface area contributed by atoms with Crippen molar-refractivity contribution in [1.82, 2.24) is 15.4 Å². The number of hydrogen-bond acceptors (Lipinski definition) is 3. The highest BCUT2D eigenvalue weighted by molar-refractivity contribution is 5.97. The molecule has 82 valence electrons. The fraction of sp³-hybridized carbons (Fsp3) is 0.182. The summed E-state index contributed by atoms with van der Waals surface area (Å²) in [7, 11) is 0. The normalized spacial score (nSPS) is 10.4. The largest absolute Gasteiger partial charge is 0.364 e. The third-order valence-electron chi connectivity index (χ3n) is 2.43. The van der Waals surface area contributed by atoms with Gasteiger partial charge in [0.1, 0.15) is 5.69 Å². The molecule has 1 amide bonds. The number of primary amides is 1. The highest BCUT2D eigenvalue weighted by atomic mass is 16.1. The van der Waals surface area contributed by atoms with Crippen LogP contribution in [0, 0.1) is 13.8 Å². The molecule has 1 aromatic carbocycles. The summed E-state index contributed by atoms with van der Waals surface area (Å²) in [5.41, 5.74) is 8.91. The van der Waals surface area contributed by atoms with Gasteiger partial charge in [0.25, 0.3) is 5.91 Å². The SMILES string of the molecule is Cc1ccc(C)c(-c2n[nH]nc2C(N)=O)c1. The number of nitrogens with zero attached hydrogens (tertiary/aromatic N) is 2. The highest BCUT2D eigenvalue weighted by Crippen LogP contribution is 2.24. The van der Waals surface area contributed by atoms with Crippen LogP contribution < -0.4 is 5.73 Å². The first kappa shape index (κ1) is 10.4. The maximum absolute atomic E-state index is 11.2. The fourth-order valence-corrected chi connectivity index (χ4v) is 1.58. The maximum atomic E-state index is 11.2. The average Bonchev–Trinajstić information content (AvgIpc) is 2.70. The van der Waals surface area contributed by atoms with Gasteiger partial charge in [0.15, 0.2) is 5.69 Å². The van der Waals surface area contributed by atoms with Gasteiger partial charge in [-0.15, -0.1) is 0 Å². The van der Waals surface area contributed by atoms with Crippen LogP contribution in [0.1, 0.15) is 21.6 Å². The van der Waals surface area contributed by atoms with E-state index < -0.39 is 5.91 Å². The molecule has 0 saturated heterocycles. The molecule has 0 aliphatic rings. The van der Waals surface area contributed by atoms with Crippen molar-refractivity contribution in [2.75, 3.05) is 0 Å². The predicted octanol–water partition coefficient (Wildman–Crippen LogP) is 1.19. The minimum atomic E-state index is -0.579. The smallest absolute Gasteiger partial charge is 0.271 e. The lowest BCUT2D eigenvalue weighted by Gasteiger charge is -2.04. The summed E-state index contributed by atoms with van der Waals surface area (Å²) in [6, 6.07) is 5.94. The van der Waals surface area contributed by atoms with Crippen LogP contribution in [0.15, 0.2) is 18.2 Å². The van der Waals surface area contributed by atoms with Gasteiger partial charge in [0.2, 0.25) is 0 Å². The summed E-state index contributed by atoms with van der Waals surface area (Å²) in [4.78, 5) is 11.2. The van der Waals surface area contributed by atoms with E-state index in [9.17, 15) is 4.79 Å². The molecule has 2 aromatic rings. The van der Waals surface area contributed by atoms with Crippen LogP contribution in [0.25, 0.3) is 11.3 Å². The van der Waals surface area contributed by atoms with Gasteiger partial charge in [0.05, 0.1) is 0 Å². The number of amides is 1. The Labute approximate surface area is 92.7 Å². The molecule has 16 heavy (non-hydrogen) atoms. The summed E-state index contributed by atoms with van der Waals surface area (Å²) in [5, 5.41) is 10.1. The summed E-state index contributed by atoms with van der Waals surface area (Å²) in [6.07, 6.45) is 0. The second-order valence-electron chi connectivity index (χ2n) is 3.70. The molecule has 0 spiro atoms. The van der Waals surface area contributed by atoms with E-state index in [2.05, 4.69) is 15.4 Å². The summed E-state index contributed by atoms with van der Waals surface area (Å²) in [5.74, 6) is -0.579. The number of nitrogens with one attached hydrogen (secondary N) is 1. The molecular weight excluding hydrogens is 204 g/mol. The Balaban J connectivity index is 2.62. The molecular formula is C11H12N4O. The zero-order chi connectivity index (χ0) is 11.7. The number of carbonyl (C=O) groups is 1. The van der Waals surface area contributed by atoms with Gasteiger partial charge in [-0.2, -0.15) is 15.4 Å². The lowest BCUT2D eigenvalue weighted by atomic mass is 10.0. The molecule has 0 aliphatic heterocycles. The molecule has 0 bridgehead atoms. The van der Waals surface area contributed by atoms with E-state index in [0.29, 0.717) is 5.69 Å². The molecule has 0 fully saturated rings. The molecule has 0 saturated carbocycles. The van der Waals surface area contributed by atoms with Crippen LogP contribution in [0.4, 0.5) is 0 Å². The minimum Gasteiger partial charge on any atom is -0.364 e.